The highest BCUT2D eigenvalue weighted by molar-refractivity contribution is 5.16. The molecule has 0 aliphatic heterocycles. The Kier molecular flexibility index (Phi) is 3.42. The van der Waals surface area contributed by atoms with E-state index in [1.54, 1.807) is 0 Å². The number of nitrogens with zero attached hydrogens (tertiary/aromatic N) is 2. The van der Waals surface area contributed by atoms with E-state index in [1.165, 1.54) is 43.5 Å². The highest BCUT2D eigenvalue weighted by Gasteiger charge is 2.40. The fraction of sp³-hybridized carbons (Fsp3) is 0.800. The zero-order valence-corrected chi connectivity index (χ0v) is 11.7. The normalized spacial score (nSPS) is 19.7. The summed E-state index contributed by atoms with van der Waals surface area (Å²) in [6.45, 7) is 4.39. The molecule has 0 aromatic carbocycles. The largest absolute Gasteiger partial charge is 0.312 e. The third-order valence-corrected chi connectivity index (χ3v) is 4.48. The molecule has 1 aromatic rings. The lowest BCUT2D eigenvalue weighted by molar-refractivity contribution is 0.378. The van der Waals surface area contributed by atoms with Gasteiger partial charge in [0.05, 0.1) is 5.69 Å². The third kappa shape index (κ3) is 2.77. The van der Waals surface area contributed by atoms with Gasteiger partial charge in [0.15, 0.2) is 0 Å². The second kappa shape index (κ2) is 5.04. The number of hydrogen-bond acceptors (Lipinski definition) is 2. The zero-order valence-electron chi connectivity index (χ0n) is 11.7. The van der Waals surface area contributed by atoms with Crippen molar-refractivity contribution in [3.05, 3.63) is 17.5 Å². The number of aryl methyl sites for hydroxylation is 2. The molecule has 3 rings (SSSR count). The molecular formula is C15H25N3. The first-order valence-electron chi connectivity index (χ1n) is 7.50. The Labute approximate surface area is 110 Å². The highest BCUT2D eigenvalue weighted by atomic mass is 15.3. The van der Waals surface area contributed by atoms with E-state index in [-0.39, 0.29) is 0 Å². The van der Waals surface area contributed by atoms with E-state index in [1.807, 2.05) is 11.7 Å². The van der Waals surface area contributed by atoms with Crippen molar-refractivity contribution in [2.45, 2.75) is 45.6 Å². The van der Waals surface area contributed by atoms with Gasteiger partial charge in [-0.1, -0.05) is 6.92 Å². The lowest BCUT2D eigenvalue weighted by atomic mass is 9.98. The summed E-state index contributed by atoms with van der Waals surface area (Å²) >= 11 is 0. The molecule has 1 heterocycles. The van der Waals surface area contributed by atoms with Gasteiger partial charge in [-0.05, 0) is 56.4 Å². The minimum absolute atomic E-state index is 0.965. The summed E-state index contributed by atoms with van der Waals surface area (Å²) in [5.41, 5.74) is 2.63. The average Bonchev–Trinajstić information content (AvgIpc) is 3.23. The molecular weight excluding hydrogens is 222 g/mol. The topological polar surface area (TPSA) is 29.9 Å². The van der Waals surface area contributed by atoms with Crippen LogP contribution in [-0.2, 0) is 20.0 Å². The molecule has 0 saturated heterocycles. The summed E-state index contributed by atoms with van der Waals surface area (Å²) < 4.78 is 1.94. The van der Waals surface area contributed by atoms with Crippen molar-refractivity contribution in [2.24, 2.45) is 24.8 Å². The summed E-state index contributed by atoms with van der Waals surface area (Å²) in [4.78, 5) is 0. The van der Waals surface area contributed by atoms with Crippen molar-refractivity contribution < 1.29 is 0 Å². The van der Waals surface area contributed by atoms with E-state index in [4.69, 9.17) is 0 Å². The minimum atomic E-state index is 0.965. The molecule has 2 fully saturated rings. The lowest BCUT2D eigenvalue weighted by Gasteiger charge is -2.16. The van der Waals surface area contributed by atoms with E-state index in [0.717, 1.165) is 30.7 Å². The standard InChI is InChI=1S/C15H25N3/c1-3-15-13(10-18(2)17-15)8-16-9-14(11-4-5-11)12-6-7-12/h10-12,14,16H,3-9H2,1-2H3. The predicted molar refractivity (Wildman–Crippen MR) is 73.2 cm³/mol. The molecule has 18 heavy (non-hydrogen) atoms. The summed E-state index contributed by atoms with van der Waals surface area (Å²) in [6.07, 6.45) is 9.12. The third-order valence-electron chi connectivity index (χ3n) is 4.48. The van der Waals surface area contributed by atoms with Gasteiger partial charge in [0.1, 0.15) is 0 Å². The van der Waals surface area contributed by atoms with Gasteiger partial charge in [0.25, 0.3) is 0 Å². The van der Waals surface area contributed by atoms with Gasteiger partial charge in [0.2, 0.25) is 0 Å². The van der Waals surface area contributed by atoms with E-state index in [9.17, 15) is 0 Å². The molecule has 0 spiro atoms. The van der Waals surface area contributed by atoms with E-state index in [0.29, 0.717) is 0 Å². The summed E-state index contributed by atoms with van der Waals surface area (Å²) in [5, 5.41) is 8.18. The highest BCUT2D eigenvalue weighted by Crippen LogP contribution is 2.48. The fourth-order valence-electron chi connectivity index (χ4n) is 3.17. The average molecular weight is 247 g/mol. The van der Waals surface area contributed by atoms with Crippen LogP contribution < -0.4 is 5.32 Å². The van der Waals surface area contributed by atoms with Crippen LogP contribution in [0.3, 0.4) is 0 Å². The second-order valence-corrected chi connectivity index (χ2v) is 6.10. The van der Waals surface area contributed by atoms with E-state index < -0.39 is 0 Å². The van der Waals surface area contributed by atoms with Crippen molar-refractivity contribution in [1.82, 2.24) is 15.1 Å². The first-order chi connectivity index (χ1) is 8.78. The van der Waals surface area contributed by atoms with Crippen LogP contribution in [-0.4, -0.2) is 16.3 Å². The molecule has 0 amide bonds. The van der Waals surface area contributed by atoms with Gasteiger partial charge in [-0.25, -0.2) is 0 Å². The molecule has 2 aliphatic rings. The monoisotopic (exact) mass is 247 g/mol. The van der Waals surface area contributed by atoms with Crippen LogP contribution >= 0.6 is 0 Å². The Morgan fingerprint density at radius 2 is 2.00 bits per heavy atom. The van der Waals surface area contributed by atoms with Crippen LogP contribution in [0, 0.1) is 17.8 Å². The van der Waals surface area contributed by atoms with Crippen LogP contribution in [0.1, 0.15) is 43.9 Å². The Morgan fingerprint density at radius 3 is 2.56 bits per heavy atom. The maximum absolute atomic E-state index is 4.50. The molecule has 1 N–H and O–H groups in total. The van der Waals surface area contributed by atoms with Crippen molar-refractivity contribution in [3.8, 4) is 0 Å². The molecule has 0 radical (unpaired) electrons. The Hall–Kier alpha value is -0.830. The van der Waals surface area contributed by atoms with Gasteiger partial charge in [-0.15, -0.1) is 0 Å². The molecule has 100 valence electrons. The van der Waals surface area contributed by atoms with Gasteiger partial charge >= 0.3 is 0 Å². The summed E-state index contributed by atoms with van der Waals surface area (Å²) in [5.74, 6) is 3.06. The number of hydrogen-bond donors (Lipinski definition) is 1. The van der Waals surface area contributed by atoms with Crippen molar-refractivity contribution in [1.29, 1.82) is 0 Å². The van der Waals surface area contributed by atoms with E-state index in [2.05, 4.69) is 23.5 Å². The maximum atomic E-state index is 4.50. The van der Waals surface area contributed by atoms with Crippen LogP contribution in [0.15, 0.2) is 6.20 Å². The van der Waals surface area contributed by atoms with Crippen molar-refractivity contribution >= 4 is 0 Å². The SMILES string of the molecule is CCc1nn(C)cc1CNCC(C1CC1)C1CC1. The smallest absolute Gasteiger partial charge is 0.0666 e. The molecule has 0 bridgehead atoms. The molecule has 0 unspecified atom stereocenters. The zero-order chi connectivity index (χ0) is 12.5. The summed E-state index contributed by atoms with van der Waals surface area (Å²) in [6, 6.07) is 0. The molecule has 2 saturated carbocycles. The Morgan fingerprint density at radius 1 is 1.33 bits per heavy atom. The van der Waals surface area contributed by atoms with Crippen LogP contribution in [0.25, 0.3) is 0 Å². The molecule has 3 heteroatoms. The van der Waals surface area contributed by atoms with Gasteiger partial charge in [0, 0.05) is 25.4 Å². The second-order valence-electron chi connectivity index (χ2n) is 6.10. The van der Waals surface area contributed by atoms with Crippen LogP contribution in [0.2, 0.25) is 0 Å². The first kappa shape index (κ1) is 12.2. The molecule has 2 aliphatic carbocycles. The fourth-order valence-corrected chi connectivity index (χ4v) is 3.17. The van der Waals surface area contributed by atoms with Crippen LogP contribution in [0.4, 0.5) is 0 Å². The van der Waals surface area contributed by atoms with Crippen molar-refractivity contribution in [3.63, 3.8) is 0 Å². The lowest BCUT2D eigenvalue weighted by Crippen LogP contribution is -2.25. The van der Waals surface area contributed by atoms with Gasteiger partial charge < -0.3 is 5.32 Å². The maximum Gasteiger partial charge on any atom is 0.0666 e. The Balaban J connectivity index is 1.50. The summed E-state index contributed by atoms with van der Waals surface area (Å²) in [7, 11) is 2.01. The number of aromatic nitrogens is 2. The van der Waals surface area contributed by atoms with Crippen LogP contribution in [0.5, 0.6) is 0 Å². The minimum Gasteiger partial charge on any atom is -0.312 e. The number of nitrogens with one attached hydrogen (secondary N) is 1. The van der Waals surface area contributed by atoms with Gasteiger partial charge in [-0.2, -0.15) is 5.10 Å². The Bertz CT molecular complexity index is 390. The molecule has 0 atom stereocenters. The molecule has 1 aromatic heterocycles. The predicted octanol–water partition coefficient (Wildman–Crippen LogP) is 2.51. The quantitative estimate of drug-likeness (QED) is 0.802. The van der Waals surface area contributed by atoms with E-state index >= 15 is 0 Å². The van der Waals surface area contributed by atoms with Gasteiger partial charge in [-0.3, -0.25) is 4.68 Å². The first-order valence-corrected chi connectivity index (χ1v) is 7.50. The number of rotatable bonds is 7. The molecule has 3 nitrogen and oxygen atoms in total. The van der Waals surface area contributed by atoms with Crippen molar-refractivity contribution in [2.75, 3.05) is 6.54 Å².